The van der Waals surface area contributed by atoms with Crippen molar-refractivity contribution in [3.8, 4) is 6.07 Å². The fourth-order valence-electron chi connectivity index (χ4n) is 1.90. The van der Waals surface area contributed by atoms with Crippen LogP contribution in [0.15, 0.2) is 52.0 Å². The van der Waals surface area contributed by atoms with E-state index in [2.05, 4.69) is 26.2 Å². The van der Waals surface area contributed by atoms with Gasteiger partial charge in [0.2, 0.25) is 0 Å². The molecule has 0 amide bonds. The van der Waals surface area contributed by atoms with E-state index in [4.69, 9.17) is 5.26 Å². The first-order valence-corrected chi connectivity index (χ1v) is 9.14. The molecular formula is C16H16BrN3O2S. The Morgan fingerprint density at radius 3 is 2.39 bits per heavy atom. The Bertz CT molecular complexity index is 823. The monoisotopic (exact) mass is 393 g/mol. The lowest BCUT2D eigenvalue weighted by molar-refractivity contribution is 0.553. The van der Waals surface area contributed by atoms with E-state index in [-0.39, 0.29) is 11.4 Å². The number of halogens is 1. The Labute approximate surface area is 144 Å². The fraction of sp³-hybridized carbons (Fsp3) is 0.250. The molecular weight excluding hydrogens is 378 g/mol. The molecule has 0 aliphatic rings. The Balaban J connectivity index is 2.16. The normalized spacial score (nSPS) is 11.7. The number of pyridine rings is 1. The van der Waals surface area contributed by atoms with Crippen LogP contribution in [-0.4, -0.2) is 24.7 Å². The first-order valence-electron chi connectivity index (χ1n) is 6.86. The molecule has 1 heterocycles. The van der Waals surface area contributed by atoms with Crippen molar-refractivity contribution in [1.82, 2.24) is 4.98 Å². The summed E-state index contributed by atoms with van der Waals surface area (Å²) in [7, 11) is -3.50. The summed E-state index contributed by atoms with van der Waals surface area (Å²) in [5, 5.41) is 11.8. The summed E-state index contributed by atoms with van der Waals surface area (Å²) in [5.41, 5.74) is 0.456. The second-order valence-corrected chi connectivity index (χ2v) is 9.11. The molecule has 0 unspecified atom stereocenters. The maximum absolute atomic E-state index is 12.8. The number of rotatable bonds is 5. The summed E-state index contributed by atoms with van der Waals surface area (Å²) in [6, 6.07) is 11.9. The highest BCUT2D eigenvalue weighted by molar-refractivity contribution is 9.10. The van der Waals surface area contributed by atoms with Gasteiger partial charge in [-0.1, -0.05) is 15.9 Å². The predicted octanol–water partition coefficient (Wildman–Crippen LogP) is 3.38. The molecule has 2 aromatic rings. The molecule has 0 saturated carbocycles. The molecule has 0 aliphatic carbocycles. The second kappa shape index (κ2) is 6.69. The van der Waals surface area contributed by atoms with E-state index in [1.165, 1.54) is 6.20 Å². The largest absolute Gasteiger partial charge is 0.368 e. The highest BCUT2D eigenvalue weighted by atomic mass is 79.9. The zero-order chi connectivity index (χ0) is 17.1. The number of hydrogen-bond acceptors (Lipinski definition) is 5. The van der Waals surface area contributed by atoms with Crippen LogP contribution in [0.2, 0.25) is 0 Å². The van der Waals surface area contributed by atoms with Crippen LogP contribution in [0.1, 0.15) is 19.4 Å². The zero-order valence-electron chi connectivity index (χ0n) is 12.7. The van der Waals surface area contributed by atoms with Crippen molar-refractivity contribution < 1.29 is 8.42 Å². The highest BCUT2D eigenvalue weighted by Gasteiger charge is 2.35. The van der Waals surface area contributed by atoms with Crippen molar-refractivity contribution in [1.29, 1.82) is 5.26 Å². The maximum atomic E-state index is 12.8. The van der Waals surface area contributed by atoms with Crippen LogP contribution in [-0.2, 0) is 9.84 Å². The summed E-state index contributed by atoms with van der Waals surface area (Å²) in [5.74, 6) is 0.531. The average Bonchev–Trinajstić information content (AvgIpc) is 2.53. The number of aromatic nitrogens is 1. The third-order valence-corrected chi connectivity index (χ3v) is 6.46. The number of nitrogens with zero attached hydrogens (tertiary/aromatic N) is 2. The third-order valence-electron chi connectivity index (χ3n) is 3.44. The number of hydrogen-bond donors (Lipinski definition) is 1. The van der Waals surface area contributed by atoms with E-state index in [0.717, 1.165) is 4.47 Å². The molecule has 5 nitrogen and oxygen atoms in total. The van der Waals surface area contributed by atoms with Crippen LogP contribution in [0.4, 0.5) is 5.82 Å². The summed E-state index contributed by atoms with van der Waals surface area (Å²) in [6.07, 6.45) is 1.44. The molecule has 2 rings (SSSR count). The van der Waals surface area contributed by atoms with Crippen LogP contribution < -0.4 is 5.32 Å². The topological polar surface area (TPSA) is 82.8 Å². The van der Waals surface area contributed by atoms with Crippen molar-refractivity contribution in [2.24, 2.45) is 0 Å². The molecule has 1 aromatic heterocycles. The van der Waals surface area contributed by atoms with Gasteiger partial charge in [-0.15, -0.1) is 0 Å². The first kappa shape index (κ1) is 17.4. The van der Waals surface area contributed by atoms with E-state index < -0.39 is 14.6 Å². The van der Waals surface area contributed by atoms with Crippen molar-refractivity contribution in [3.05, 3.63) is 52.6 Å². The number of sulfone groups is 1. The molecule has 0 spiro atoms. The van der Waals surface area contributed by atoms with Crippen molar-refractivity contribution in [2.75, 3.05) is 11.9 Å². The van der Waals surface area contributed by atoms with E-state index >= 15 is 0 Å². The second-order valence-electron chi connectivity index (χ2n) is 5.61. The Morgan fingerprint density at radius 2 is 1.87 bits per heavy atom. The molecule has 0 aliphatic heterocycles. The minimum atomic E-state index is -3.50. The van der Waals surface area contributed by atoms with E-state index in [1.54, 1.807) is 50.2 Å². The van der Waals surface area contributed by atoms with Gasteiger partial charge in [-0.25, -0.2) is 13.4 Å². The lowest BCUT2D eigenvalue weighted by Gasteiger charge is -2.25. The summed E-state index contributed by atoms with van der Waals surface area (Å²) in [4.78, 5) is 4.36. The van der Waals surface area contributed by atoms with Gasteiger partial charge in [0.15, 0.2) is 9.84 Å². The number of benzene rings is 1. The van der Waals surface area contributed by atoms with E-state index in [0.29, 0.717) is 11.4 Å². The molecule has 0 radical (unpaired) electrons. The SMILES string of the molecule is CC(C)(CNc1ccc(C#N)cn1)S(=O)(=O)c1ccc(Br)cc1. The minimum absolute atomic E-state index is 0.199. The highest BCUT2D eigenvalue weighted by Crippen LogP contribution is 2.26. The number of anilines is 1. The van der Waals surface area contributed by atoms with Crippen LogP contribution in [0, 0.1) is 11.3 Å². The summed E-state index contributed by atoms with van der Waals surface area (Å²) in [6.45, 7) is 3.53. The van der Waals surface area contributed by atoms with Crippen LogP contribution in [0.5, 0.6) is 0 Å². The van der Waals surface area contributed by atoms with Crippen molar-refractivity contribution in [3.63, 3.8) is 0 Å². The Hall–Kier alpha value is -1.91. The third kappa shape index (κ3) is 3.89. The Kier molecular flexibility index (Phi) is 5.07. The number of nitrogens with one attached hydrogen (secondary N) is 1. The quantitative estimate of drug-likeness (QED) is 0.841. The molecule has 0 atom stereocenters. The minimum Gasteiger partial charge on any atom is -0.368 e. The zero-order valence-corrected chi connectivity index (χ0v) is 15.1. The smallest absolute Gasteiger partial charge is 0.185 e. The summed E-state index contributed by atoms with van der Waals surface area (Å²) >= 11 is 3.30. The van der Waals surface area contributed by atoms with Crippen LogP contribution in [0.3, 0.4) is 0 Å². The number of nitriles is 1. The van der Waals surface area contributed by atoms with Crippen LogP contribution in [0.25, 0.3) is 0 Å². The van der Waals surface area contributed by atoms with Gasteiger partial charge in [0.05, 0.1) is 15.2 Å². The molecule has 0 bridgehead atoms. The lowest BCUT2D eigenvalue weighted by atomic mass is 10.2. The van der Waals surface area contributed by atoms with Gasteiger partial charge in [-0.3, -0.25) is 0 Å². The molecule has 1 aromatic carbocycles. The van der Waals surface area contributed by atoms with Gasteiger partial charge < -0.3 is 5.32 Å². The van der Waals surface area contributed by atoms with Gasteiger partial charge in [0.1, 0.15) is 11.9 Å². The molecule has 0 saturated heterocycles. The maximum Gasteiger partial charge on any atom is 0.185 e. The van der Waals surface area contributed by atoms with E-state index in [9.17, 15) is 8.42 Å². The lowest BCUT2D eigenvalue weighted by Crippen LogP contribution is -2.39. The average molecular weight is 394 g/mol. The first-order chi connectivity index (χ1) is 10.8. The molecule has 0 fully saturated rings. The Morgan fingerprint density at radius 1 is 1.22 bits per heavy atom. The van der Waals surface area contributed by atoms with Crippen LogP contribution >= 0.6 is 15.9 Å². The van der Waals surface area contributed by atoms with Gasteiger partial charge >= 0.3 is 0 Å². The fourth-order valence-corrected chi connectivity index (χ4v) is 3.55. The molecule has 1 N–H and O–H groups in total. The van der Waals surface area contributed by atoms with Crippen molar-refractivity contribution in [2.45, 2.75) is 23.5 Å². The van der Waals surface area contributed by atoms with Gasteiger partial charge in [-0.2, -0.15) is 5.26 Å². The molecule has 120 valence electrons. The van der Waals surface area contributed by atoms with Gasteiger partial charge in [0.25, 0.3) is 0 Å². The standard InChI is InChI=1S/C16H16BrN3O2S/c1-16(2,11-20-15-8-3-12(9-18)10-19-15)23(21,22)14-6-4-13(17)5-7-14/h3-8,10H,11H2,1-2H3,(H,19,20). The molecule has 23 heavy (non-hydrogen) atoms. The summed E-state index contributed by atoms with van der Waals surface area (Å²) < 4.78 is 25.3. The predicted molar refractivity (Wildman–Crippen MR) is 92.8 cm³/mol. The van der Waals surface area contributed by atoms with Gasteiger partial charge in [0, 0.05) is 17.2 Å². The molecule has 7 heteroatoms. The van der Waals surface area contributed by atoms with Gasteiger partial charge in [-0.05, 0) is 50.2 Å². The van der Waals surface area contributed by atoms with E-state index in [1.807, 2.05) is 6.07 Å². The van der Waals surface area contributed by atoms with Crippen molar-refractivity contribution >= 4 is 31.6 Å².